The van der Waals surface area contributed by atoms with Crippen molar-refractivity contribution in [1.29, 1.82) is 5.26 Å². The van der Waals surface area contributed by atoms with Gasteiger partial charge in [-0.25, -0.2) is 4.39 Å². The molecule has 0 saturated heterocycles. The Morgan fingerprint density at radius 2 is 1.85 bits per heavy atom. The van der Waals surface area contributed by atoms with Crippen LogP contribution in [0.2, 0.25) is 0 Å². The van der Waals surface area contributed by atoms with Crippen LogP contribution in [0.15, 0.2) is 76.5 Å². The highest BCUT2D eigenvalue weighted by Crippen LogP contribution is 2.32. The number of rotatable bonds is 6. The molecule has 0 amide bonds. The summed E-state index contributed by atoms with van der Waals surface area (Å²) in [5.74, 6) is -1.35. The van der Waals surface area contributed by atoms with E-state index in [0.29, 0.717) is 5.56 Å². The molecule has 4 nitrogen and oxygen atoms in total. The summed E-state index contributed by atoms with van der Waals surface area (Å²) in [6.45, 7) is 0. The highest BCUT2D eigenvalue weighted by molar-refractivity contribution is 7.99. The van der Waals surface area contributed by atoms with Crippen LogP contribution in [0.25, 0.3) is 0 Å². The third-order valence-electron chi connectivity index (χ3n) is 3.56. The molecule has 0 radical (unpaired) electrons. The van der Waals surface area contributed by atoms with Crippen molar-refractivity contribution in [2.75, 3.05) is 0 Å². The lowest BCUT2D eigenvalue weighted by molar-refractivity contribution is -0.136. The predicted octanol–water partition coefficient (Wildman–Crippen LogP) is 5.27. The molecule has 0 aromatic heterocycles. The summed E-state index contributed by atoms with van der Waals surface area (Å²) in [6.07, 6.45) is -0.249. The number of carboxylic acids is 1. The van der Waals surface area contributed by atoms with Gasteiger partial charge >= 0.3 is 5.97 Å². The van der Waals surface area contributed by atoms with Gasteiger partial charge in [0.1, 0.15) is 5.75 Å². The van der Waals surface area contributed by atoms with E-state index in [4.69, 9.17) is 15.1 Å². The highest BCUT2D eigenvalue weighted by atomic mass is 32.2. The zero-order valence-electron chi connectivity index (χ0n) is 14.1. The summed E-state index contributed by atoms with van der Waals surface area (Å²) in [5.41, 5.74) is 0.661. The SMILES string of the molecule is N#Cc1cc(CC(=O)O)cc(Oc2ccc(Sc3ccccc3)cc2F)c1. The zero-order chi connectivity index (χ0) is 19.2. The smallest absolute Gasteiger partial charge is 0.307 e. The van der Waals surface area contributed by atoms with Gasteiger partial charge in [-0.05, 0) is 54.1 Å². The standard InChI is InChI=1S/C21H14FNO3S/c22-19-12-18(27-17-4-2-1-3-5-17)6-7-20(19)26-16-9-14(11-21(24)25)8-15(10-16)13-23/h1-10,12H,11H2,(H,24,25). The Kier molecular flexibility index (Phi) is 5.74. The molecule has 3 aromatic rings. The molecule has 0 heterocycles. The largest absolute Gasteiger partial charge is 0.481 e. The Hall–Kier alpha value is -3.30. The molecule has 0 aliphatic carbocycles. The monoisotopic (exact) mass is 379 g/mol. The second-order valence-electron chi connectivity index (χ2n) is 5.66. The molecule has 0 unspecified atom stereocenters. The second-order valence-corrected chi connectivity index (χ2v) is 6.80. The lowest BCUT2D eigenvalue weighted by atomic mass is 10.1. The van der Waals surface area contributed by atoms with E-state index in [1.807, 2.05) is 36.4 Å². The molecule has 3 rings (SSSR count). The first-order chi connectivity index (χ1) is 13.0. The van der Waals surface area contributed by atoms with Gasteiger partial charge in [-0.3, -0.25) is 4.79 Å². The van der Waals surface area contributed by atoms with E-state index in [2.05, 4.69) is 0 Å². The van der Waals surface area contributed by atoms with E-state index in [1.54, 1.807) is 6.07 Å². The second kappa shape index (κ2) is 8.39. The zero-order valence-corrected chi connectivity index (χ0v) is 14.9. The summed E-state index contributed by atoms with van der Waals surface area (Å²) in [4.78, 5) is 12.6. The lowest BCUT2D eigenvalue weighted by Crippen LogP contribution is -2.01. The van der Waals surface area contributed by atoms with Gasteiger partial charge in [0.15, 0.2) is 11.6 Å². The molecular formula is C21H14FNO3S. The fourth-order valence-corrected chi connectivity index (χ4v) is 3.30. The molecule has 134 valence electrons. The van der Waals surface area contributed by atoms with Crippen molar-refractivity contribution in [3.63, 3.8) is 0 Å². The maximum Gasteiger partial charge on any atom is 0.307 e. The average Bonchev–Trinajstić information content (AvgIpc) is 2.64. The van der Waals surface area contributed by atoms with Crippen LogP contribution in [-0.4, -0.2) is 11.1 Å². The van der Waals surface area contributed by atoms with E-state index in [1.165, 1.54) is 42.1 Å². The molecule has 1 N–H and O–H groups in total. The van der Waals surface area contributed by atoms with Crippen LogP contribution in [-0.2, 0) is 11.2 Å². The van der Waals surface area contributed by atoms with Crippen LogP contribution in [0.1, 0.15) is 11.1 Å². The molecule has 0 aliphatic rings. The van der Waals surface area contributed by atoms with Crippen molar-refractivity contribution in [2.45, 2.75) is 16.2 Å². The van der Waals surface area contributed by atoms with Gasteiger partial charge in [-0.2, -0.15) is 5.26 Å². The molecule has 0 atom stereocenters. The Morgan fingerprint density at radius 1 is 1.07 bits per heavy atom. The van der Waals surface area contributed by atoms with Gasteiger partial charge < -0.3 is 9.84 Å². The minimum absolute atomic E-state index is 0.00350. The molecule has 6 heteroatoms. The van der Waals surface area contributed by atoms with E-state index in [0.717, 1.165) is 9.79 Å². The summed E-state index contributed by atoms with van der Waals surface area (Å²) in [7, 11) is 0. The third-order valence-corrected chi connectivity index (χ3v) is 4.56. The molecular weight excluding hydrogens is 365 g/mol. The van der Waals surface area contributed by atoms with E-state index in [-0.39, 0.29) is 23.5 Å². The molecule has 3 aromatic carbocycles. The Balaban J connectivity index is 1.81. The lowest BCUT2D eigenvalue weighted by Gasteiger charge is -2.10. The number of hydrogen-bond acceptors (Lipinski definition) is 4. The number of aliphatic carboxylic acids is 1. The maximum atomic E-state index is 14.4. The minimum atomic E-state index is -1.02. The third kappa shape index (κ3) is 5.09. The predicted molar refractivity (Wildman–Crippen MR) is 99.5 cm³/mol. The molecule has 27 heavy (non-hydrogen) atoms. The molecule has 0 bridgehead atoms. The highest BCUT2D eigenvalue weighted by Gasteiger charge is 2.10. The topological polar surface area (TPSA) is 70.3 Å². The van der Waals surface area contributed by atoms with Crippen molar-refractivity contribution >= 4 is 17.7 Å². The van der Waals surface area contributed by atoms with Crippen molar-refractivity contribution in [3.8, 4) is 17.6 Å². The Labute approximate surface area is 159 Å². The van der Waals surface area contributed by atoms with Gasteiger partial charge in [0.05, 0.1) is 18.1 Å². The Bertz CT molecular complexity index is 1020. The number of nitriles is 1. The first kappa shape index (κ1) is 18.5. The molecule has 0 saturated carbocycles. The Morgan fingerprint density at radius 3 is 2.52 bits per heavy atom. The maximum absolute atomic E-state index is 14.4. The molecule has 0 spiro atoms. The normalized spacial score (nSPS) is 10.2. The van der Waals surface area contributed by atoms with Gasteiger partial charge in [0, 0.05) is 9.79 Å². The van der Waals surface area contributed by atoms with Crippen LogP contribution in [0.4, 0.5) is 4.39 Å². The average molecular weight is 379 g/mol. The van der Waals surface area contributed by atoms with Gasteiger partial charge in [0.25, 0.3) is 0 Å². The van der Waals surface area contributed by atoms with Crippen molar-refractivity contribution in [3.05, 3.63) is 83.7 Å². The number of carbonyl (C=O) groups is 1. The van der Waals surface area contributed by atoms with Gasteiger partial charge in [-0.15, -0.1) is 0 Å². The number of benzene rings is 3. The van der Waals surface area contributed by atoms with Crippen LogP contribution < -0.4 is 4.74 Å². The quantitative estimate of drug-likeness (QED) is 0.632. The van der Waals surface area contributed by atoms with Crippen molar-refractivity contribution in [1.82, 2.24) is 0 Å². The fourth-order valence-electron chi connectivity index (χ4n) is 2.44. The summed E-state index contributed by atoms with van der Waals surface area (Å²) >= 11 is 1.43. The van der Waals surface area contributed by atoms with E-state index < -0.39 is 11.8 Å². The fraction of sp³-hybridized carbons (Fsp3) is 0.0476. The first-order valence-corrected chi connectivity index (χ1v) is 8.81. The first-order valence-electron chi connectivity index (χ1n) is 7.99. The minimum Gasteiger partial charge on any atom is -0.481 e. The van der Waals surface area contributed by atoms with Crippen LogP contribution in [0.5, 0.6) is 11.5 Å². The van der Waals surface area contributed by atoms with Crippen molar-refractivity contribution in [2.24, 2.45) is 0 Å². The summed E-state index contributed by atoms with van der Waals surface area (Å²) < 4.78 is 20.0. The number of halogens is 1. The van der Waals surface area contributed by atoms with E-state index in [9.17, 15) is 9.18 Å². The number of ether oxygens (including phenoxy) is 1. The molecule has 0 aliphatic heterocycles. The number of carboxylic acid groups (broad SMARTS) is 1. The van der Waals surface area contributed by atoms with Crippen molar-refractivity contribution < 1.29 is 19.0 Å². The van der Waals surface area contributed by atoms with Gasteiger partial charge in [0.2, 0.25) is 0 Å². The van der Waals surface area contributed by atoms with Crippen LogP contribution in [0.3, 0.4) is 0 Å². The summed E-state index contributed by atoms with van der Waals surface area (Å²) in [6, 6.07) is 20.6. The molecule has 0 fully saturated rings. The van der Waals surface area contributed by atoms with Crippen LogP contribution >= 0.6 is 11.8 Å². The number of nitrogens with zero attached hydrogens (tertiary/aromatic N) is 1. The van der Waals surface area contributed by atoms with E-state index >= 15 is 0 Å². The van der Waals surface area contributed by atoms with Crippen LogP contribution in [0, 0.1) is 17.1 Å². The number of hydrogen-bond donors (Lipinski definition) is 1. The van der Waals surface area contributed by atoms with Gasteiger partial charge in [-0.1, -0.05) is 30.0 Å². The summed E-state index contributed by atoms with van der Waals surface area (Å²) in [5, 5.41) is 18.0.